The van der Waals surface area contributed by atoms with Crippen LogP contribution in [0.3, 0.4) is 0 Å². The highest BCUT2D eigenvalue weighted by atomic mass is 19.4. The number of hydrogen-bond donors (Lipinski definition) is 2. The van der Waals surface area contributed by atoms with Gasteiger partial charge >= 0.3 is 12.1 Å². The lowest BCUT2D eigenvalue weighted by atomic mass is 9.97. The molecule has 0 bridgehead atoms. The SMILES string of the molecule is NCc1cccc(-c2cc(CN3CCC[C@H]3C(F)(F)F)c3occ(COc4ccccc4CC(=O)O)c3c2)c1. The average molecular weight is 539 g/mol. The number of ether oxygens (including phenoxy) is 1. The van der Waals surface area contributed by atoms with E-state index in [-0.39, 0.29) is 26.0 Å². The Morgan fingerprint density at radius 1 is 1.05 bits per heavy atom. The second-order valence-corrected chi connectivity index (χ2v) is 9.81. The van der Waals surface area contributed by atoms with Crippen molar-refractivity contribution in [3.8, 4) is 16.9 Å². The van der Waals surface area contributed by atoms with Crippen molar-refractivity contribution in [2.45, 2.75) is 51.2 Å². The standard InChI is InChI=1S/C30H29F3N2O4/c31-30(32,33)27-9-4-10-35(27)16-23-12-22(20-7-3-5-19(11-20)15-34)13-25-24(18-39-29(23)25)17-38-26-8-2-1-6-21(26)14-28(36)37/h1-3,5-8,11-13,18,27H,4,9-10,14-17,34H2,(H,36,37)/t27-/m0/s1. The highest BCUT2D eigenvalue weighted by Gasteiger charge is 2.45. The summed E-state index contributed by atoms with van der Waals surface area (Å²) in [5, 5.41) is 9.96. The van der Waals surface area contributed by atoms with E-state index in [4.69, 9.17) is 14.9 Å². The molecule has 1 aliphatic rings. The Morgan fingerprint density at radius 3 is 2.64 bits per heavy atom. The van der Waals surface area contributed by atoms with Gasteiger partial charge in [-0.3, -0.25) is 9.69 Å². The van der Waals surface area contributed by atoms with Gasteiger partial charge in [-0.1, -0.05) is 36.4 Å². The van der Waals surface area contributed by atoms with E-state index < -0.39 is 18.2 Å². The van der Waals surface area contributed by atoms with Crippen LogP contribution in [0.1, 0.15) is 35.1 Å². The summed E-state index contributed by atoms with van der Waals surface area (Å²) in [6, 6.07) is 17.0. The van der Waals surface area contributed by atoms with Crippen molar-refractivity contribution in [1.82, 2.24) is 4.90 Å². The van der Waals surface area contributed by atoms with Crippen molar-refractivity contribution >= 4 is 16.9 Å². The van der Waals surface area contributed by atoms with Crippen LogP contribution in [0.5, 0.6) is 5.75 Å². The fraction of sp³-hybridized carbons (Fsp3) is 0.300. The third-order valence-corrected chi connectivity index (χ3v) is 7.14. The molecule has 0 amide bonds. The Bertz CT molecular complexity index is 1480. The van der Waals surface area contributed by atoms with E-state index in [2.05, 4.69) is 0 Å². The first kappa shape index (κ1) is 26.8. The van der Waals surface area contributed by atoms with Gasteiger partial charge in [-0.25, -0.2) is 0 Å². The second kappa shape index (κ2) is 11.1. The van der Waals surface area contributed by atoms with Gasteiger partial charge in [0.05, 0.1) is 12.7 Å². The van der Waals surface area contributed by atoms with Gasteiger partial charge in [-0.05, 0) is 60.3 Å². The lowest BCUT2D eigenvalue weighted by Gasteiger charge is -2.26. The van der Waals surface area contributed by atoms with Crippen molar-refractivity contribution in [1.29, 1.82) is 0 Å². The fourth-order valence-electron chi connectivity index (χ4n) is 5.25. The van der Waals surface area contributed by atoms with Crippen LogP contribution in [0.15, 0.2) is 71.3 Å². The van der Waals surface area contributed by atoms with E-state index in [0.29, 0.717) is 47.5 Å². The molecule has 0 saturated carbocycles. The van der Waals surface area contributed by atoms with Crippen LogP contribution in [0.25, 0.3) is 22.1 Å². The van der Waals surface area contributed by atoms with Gasteiger partial charge in [0.15, 0.2) is 0 Å². The van der Waals surface area contributed by atoms with Gasteiger partial charge in [-0.15, -0.1) is 0 Å². The molecule has 1 atom stereocenters. The van der Waals surface area contributed by atoms with Crippen LogP contribution < -0.4 is 10.5 Å². The van der Waals surface area contributed by atoms with Gasteiger partial charge in [0.1, 0.15) is 24.0 Å². The fourth-order valence-corrected chi connectivity index (χ4v) is 5.25. The molecule has 0 aliphatic carbocycles. The number of carboxylic acids is 1. The van der Waals surface area contributed by atoms with Crippen molar-refractivity contribution in [2.75, 3.05) is 6.54 Å². The number of benzene rings is 3. The lowest BCUT2D eigenvalue weighted by Crippen LogP contribution is -2.40. The van der Waals surface area contributed by atoms with Crippen molar-refractivity contribution in [2.24, 2.45) is 5.73 Å². The van der Waals surface area contributed by atoms with Crippen LogP contribution in [0.2, 0.25) is 0 Å². The first-order chi connectivity index (χ1) is 18.7. The maximum Gasteiger partial charge on any atom is 0.404 e. The van der Waals surface area contributed by atoms with E-state index >= 15 is 0 Å². The molecule has 6 nitrogen and oxygen atoms in total. The number of para-hydroxylation sites is 1. The molecule has 3 N–H and O–H groups in total. The maximum atomic E-state index is 13.7. The molecular weight excluding hydrogens is 509 g/mol. The molecule has 0 radical (unpaired) electrons. The third-order valence-electron chi connectivity index (χ3n) is 7.14. The van der Waals surface area contributed by atoms with E-state index in [0.717, 1.165) is 22.1 Å². The van der Waals surface area contributed by atoms with Crippen LogP contribution in [0.4, 0.5) is 13.2 Å². The molecule has 9 heteroatoms. The molecule has 1 aliphatic heterocycles. The van der Waals surface area contributed by atoms with Gasteiger partial charge in [-0.2, -0.15) is 13.2 Å². The number of alkyl halides is 3. The molecule has 204 valence electrons. The maximum absolute atomic E-state index is 13.7. The number of nitrogens with two attached hydrogens (primary N) is 1. The van der Waals surface area contributed by atoms with E-state index in [1.165, 1.54) is 4.90 Å². The molecule has 1 aromatic heterocycles. The van der Waals surface area contributed by atoms with Gasteiger partial charge in [0.2, 0.25) is 0 Å². The first-order valence-electron chi connectivity index (χ1n) is 12.8. The molecular formula is C30H29F3N2O4. The number of rotatable bonds is 9. The number of carboxylic acid groups (broad SMARTS) is 1. The number of fused-ring (bicyclic) bond motifs is 1. The minimum absolute atomic E-state index is 0.0812. The van der Waals surface area contributed by atoms with Gasteiger partial charge in [0, 0.05) is 35.2 Å². The zero-order valence-corrected chi connectivity index (χ0v) is 21.2. The molecule has 4 aromatic rings. The van der Waals surface area contributed by atoms with Crippen LogP contribution >= 0.6 is 0 Å². The Labute approximate surface area is 223 Å². The first-order valence-corrected chi connectivity index (χ1v) is 12.8. The zero-order chi connectivity index (χ0) is 27.6. The van der Waals surface area contributed by atoms with E-state index in [9.17, 15) is 23.1 Å². The van der Waals surface area contributed by atoms with Crippen LogP contribution in [-0.4, -0.2) is 34.7 Å². The highest BCUT2D eigenvalue weighted by Crippen LogP contribution is 2.37. The largest absolute Gasteiger partial charge is 0.488 e. The number of carbonyl (C=O) groups is 1. The van der Waals surface area contributed by atoms with Crippen molar-refractivity contribution in [3.63, 3.8) is 0 Å². The number of nitrogens with zero attached hydrogens (tertiary/aromatic N) is 1. The Kier molecular flexibility index (Phi) is 7.63. The quantitative estimate of drug-likeness (QED) is 0.260. The molecule has 1 saturated heterocycles. The highest BCUT2D eigenvalue weighted by molar-refractivity contribution is 5.89. The van der Waals surface area contributed by atoms with Crippen molar-refractivity contribution < 1.29 is 32.2 Å². The normalized spacial score (nSPS) is 16.2. The minimum atomic E-state index is -4.30. The molecule has 5 rings (SSSR count). The molecule has 1 fully saturated rings. The zero-order valence-electron chi connectivity index (χ0n) is 21.2. The van der Waals surface area contributed by atoms with Crippen LogP contribution in [-0.2, 0) is 30.9 Å². The summed E-state index contributed by atoms with van der Waals surface area (Å²) in [7, 11) is 0. The lowest BCUT2D eigenvalue weighted by molar-refractivity contribution is -0.177. The molecule has 0 spiro atoms. The monoisotopic (exact) mass is 538 g/mol. The van der Waals surface area contributed by atoms with Gasteiger partial charge < -0.3 is 20.0 Å². The summed E-state index contributed by atoms with van der Waals surface area (Å²) < 4.78 is 53.0. The summed E-state index contributed by atoms with van der Waals surface area (Å²) in [6.45, 7) is 0.921. The molecule has 39 heavy (non-hydrogen) atoms. The summed E-state index contributed by atoms with van der Waals surface area (Å²) in [4.78, 5) is 12.7. The number of likely N-dealkylation sites (tertiary alicyclic amines) is 1. The summed E-state index contributed by atoms with van der Waals surface area (Å²) in [5.74, 6) is -0.515. The molecule has 3 aromatic carbocycles. The average Bonchev–Trinajstić information content (AvgIpc) is 3.55. The number of furan rings is 1. The summed E-state index contributed by atoms with van der Waals surface area (Å²) in [5.41, 5.74) is 11.0. The Morgan fingerprint density at radius 2 is 1.87 bits per heavy atom. The second-order valence-electron chi connectivity index (χ2n) is 9.81. The summed E-state index contributed by atoms with van der Waals surface area (Å²) >= 11 is 0. The van der Waals surface area contributed by atoms with E-state index in [1.54, 1.807) is 30.5 Å². The number of halogens is 3. The smallest absolute Gasteiger partial charge is 0.404 e. The number of hydrogen-bond acceptors (Lipinski definition) is 5. The minimum Gasteiger partial charge on any atom is -0.488 e. The predicted octanol–water partition coefficient (Wildman–Crippen LogP) is 6.29. The Hall–Kier alpha value is -3.82. The van der Waals surface area contributed by atoms with Gasteiger partial charge in [0.25, 0.3) is 0 Å². The predicted molar refractivity (Wildman–Crippen MR) is 141 cm³/mol. The van der Waals surface area contributed by atoms with Crippen molar-refractivity contribution in [3.05, 3.63) is 89.2 Å². The molecule has 2 heterocycles. The molecule has 0 unspecified atom stereocenters. The summed E-state index contributed by atoms with van der Waals surface area (Å²) in [6.07, 6.45) is -2.35. The van der Waals surface area contributed by atoms with E-state index in [1.807, 2.05) is 36.4 Å². The third kappa shape index (κ3) is 5.94. The van der Waals surface area contributed by atoms with Crippen LogP contribution in [0, 0.1) is 0 Å². The number of aliphatic carboxylic acids is 1. The topological polar surface area (TPSA) is 88.9 Å². The Balaban J connectivity index is 1.53.